The number of hydrogen-bond acceptors (Lipinski definition) is 1. The van der Waals surface area contributed by atoms with E-state index >= 15 is 0 Å². The average molecular weight is 356 g/mol. The minimum atomic E-state index is -0.229. The second kappa shape index (κ2) is 10.2. The lowest BCUT2D eigenvalue weighted by Crippen LogP contribution is -2.28. The first-order chi connectivity index (χ1) is 12.3. The van der Waals surface area contributed by atoms with E-state index in [4.69, 9.17) is 0 Å². The van der Waals surface area contributed by atoms with Crippen molar-refractivity contribution in [2.24, 2.45) is 11.8 Å². The molecule has 1 nitrogen and oxygen atoms in total. The maximum atomic E-state index is 13.5. The number of hydrogen-bond donors (Lipinski definition) is 0. The molecule has 26 heavy (non-hydrogen) atoms. The van der Waals surface area contributed by atoms with Crippen LogP contribution in [0.1, 0.15) is 54.4 Å². The van der Waals surface area contributed by atoms with Gasteiger partial charge in [-0.2, -0.15) is 0 Å². The smallest absolute Gasteiger partial charge is 0.123 e. The Morgan fingerprint density at radius 1 is 1.12 bits per heavy atom. The molecule has 0 unspecified atom stereocenters. The number of halogens is 1. The molecule has 0 radical (unpaired) electrons. The van der Waals surface area contributed by atoms with E-state index in [0.717, 1.165) is 35.5 Å². The Labute approximate surface area is 159 Å². The van der Waals surface area contributed by atoms with Crippen LogP contribution < -0.4 is 4.90 Å². The van der Waals surface area contributed by atoms with Gasteiger partial charge in [0.05, 0.1) is 0 Å². The van der Waals surface area contributed by atoms with Crippen LogP contribution in [0.3, 0.4) is 0 Å². The molecule has 0 saturated carbocycles. The zero-order chi connectivity index (χ0) is 19.9. The fraction of sp³-hybridized carbons (Fsp3) is 0.417. The van der Waals surface area contributed by atoms with Gasteiger partial charge >= 0.3 is 0 Å². The van der Waals surface area contributed by atoms with E-state index in [1.807, 2.05) is 18.2 Å². The van der Waals surface area contributed by atoms with Crippen LogP contribution in [0.5, 0.6) is 0 Å². The van der Waals surface area contributed by atoms with Crippen LogP contribution in [0.4, 0.5) is 10.1 Å². The molecule has 0 heterocycles. The van der Waals surface area contributed by atoms with E-state index in [2.05, 4.69) is 65.7 Å². The molecule has 2 heteroatoms. The molecule has 0 spiro atoms. The van der Waals surface area contributed by atoms with Crippen molar-refractivity contribution in [1.82, 2.24) is 0 Å². The summed E-state index contributed by atoms with van der Waals surface area (Å²) in [6.07, 6.45) is 6.12. The van der Waals surface area contributed by atoms with Crippen molar-refractivity contribution in [3.8, 4) is 0 Å². The Hall–Kier alpha value is -2.09. The average Bonchev–Trinajstić information content (AvgIpc) is 2.60. The van der Waals surface area contributed by atoms with Gasteiger partial charge < -0.3 is 4.90 Å². The normalized spacial score (nSPS) is 11.7. The first kappa shape index (κ1) is 22.0. The zero-order valence-electron chi connectivity index (χ0n) is 17.3. The number of nitrogens with zero attached hydrogens (tertiary/aromatic N) is 1. The summed E-state index contributed by atoms with van der Waals surface area (Å²) in [7, 11) is 0. The molecule has 0 fully saturated rings. The molecule has 0 aliphatic heterocycles. The summed E-state index contributed by atoms with van der Waals surface area (Å²) in [5, 5.41) is 0. The number of rotatable bonds is 9. The lowest BCUT2D eigenvalue weighted by atomic mass is 9.95. The lowest BCUT2D eigenvalue weighted by molar-refractivity contribution is 0.552. The van der Waals surface area contributed by atoms with Crippen molar-refractivity contribution in [1.29, 1.82) is 0 Å². The number of allylic oxidation sites excluding steroid dienone is 6. The minimum Gasteiger partial charge on any atom is -0.318 e. The van der Waals surface area contributed by atoms with Gasteiger partial charge in [0.15, 0.2) is 0 Å². The Morgan fingerprint density at radius 2 is 1.65 bits per heavy atom. The molecule has 0 aliphatic carbocycles. The molecule has 1 aromatic carbocycles. The fourth-order valence-electron chi connectivity index (χ4n) is 3.07. The molecule has 1 rings (SSSR count). The second-order valence-electron chi connectivity index (χ2n) is 7.20. The predicted octanol–water partition coefficient (Wildman–Crippen LogP) is 7.64. The molecule has 0 N–H and O–H groups in total. The van der Waals surface area contributed by atoms with Crippen LogP contribution in [0.15, 0.2) is 72.1 Å². The summed E-state index contributed by atoms with van der Waals surface area (Å²) in [6, 6.07) is 6.68. The standard InChI is InChI=1S/C24H34FN/c1-9-20(10-2)19(8)26(23-14-12-22(25)13-15-23)24(18(6)7)16-21(11-3)17(4)5/h11-16,18,20H,3,8-10H2,1-2,4-7H3/b24-16+. The van der Waals surface area contributed by atoms with E-state index in [-0.39, 0.29) is 11.7 Å². The van der Waals surface area contributed by atoms with Gasteiger partial charge in [0.2, 0.25) is 0 Å². The summed E-state index contributed by atoms with van der Waals surface area (Å²) in [5.74, 6) is 0.426. The van der Waals surface area contributed by atoms with Crippen molar-refractivity contribution in [2.45, 2.75) is 54.4 Å². The molecule has 0 aliphatic rings. The van der Waals surface area contributed by atoms with Gasteiger partial charge in [-0.15, -0.1) is 0 Å². The molecule has 0 saturated heterocycles. The largest absolute Gasteiger partial charge is 0.318 e. The number of benzene rings is 1. The van der Waals surface area contributed by atoms with Crippen molar-refractivity contribution in [3.63, 3.8) is 0 Å². The van der Waals surface area contributed by atoms with Crippen LogP contribution in [0.25, 0.3) is 0 Å². The third kappa shape index (κ3) is 5.45. The molecule has 0 aromatic heterocycles. The molecule has 0 atom stereocenters. The van der Waals surface area contributed by atoms with E-state index in [9.17, 15) is 4.39 Å². The van der Waals surface area contributed by atoms with Gasteiger partial charge in [0.25, 0.3) is 0 Å². The summed E-state index contributed by atoms with van der Waals surface area (Å²) >= 11 is 0. The Kier molecular flexibility index (Phi) is 8.57. The maximum absolute atomic E-state index is 13.5. The molecule has 0 amide bonds. The summed E-state index contributed by atoms with van der Waals surface area (Å²) < 4.78 is 13.5. The number of anilines is 1. The Bertz CT molecular complexity index is 669. The van der Waals surface area contributed by atoms with E-state index in [1.165, 1.54) is 17.7 Å². The van der Waals surface area contributed by atoms with Gasteiger partial charge in [-0.05, 0) is 74.4 Å². The van der Waals surface area contributed by atoms with Crippen LogP contribution >= 0.6 is 0 Å². The van der Waals surface area contributed by atoms with Gasteiger partial charge in [-0.25, -0.2) is 4.39 Å². The highest BCUT2D eigenvalue weighted by Gasteiger charge is 2.23. The van der Waals surface area contributed by atoms with E-state index < -0.39 is 0 Å². The SMILES string of the molecule is C=CC(/C=C(\C(C)C)N(C(=C)C(CC)CC)c1ccc(F)cc1)=C(C)C. The van der Waals surface area contributed by atoms with Crippen LogP contribution in [-0.4, -0.2) is 0 Å². The third-order valence-corrected chi connectivity index (χ3v) is 4.78. The molecule has 142 valence electrons. The van der Waals surface area contributed by atoms with Gasteiger partial charge in [0.1, 0.15) is 5.82 Å². The molecular weight excluding hydrogens is 321 g/mol. The van der Waals surface area contributed by atoms with E-state index in [1.54, 1.807) is 0 Å². The molecule has 1 aromatic rings. The quantitative estimate of drug-likeness (QED) is 0.411. The third-order valence-electron chi connectivity index (χ3n) is 4.78. The Balaban J connectivity index is 3.61. The maximum Gasteiger partial charge on any atom is 0.123 e. The topological polar surface area (TPSA) is 3.24 Å². The predicted molar refractivity (Wildman–Crippen MR) is 114 cm³/mol. The zero-order valence-corrected chi connectivity index (χ0v) is 17.3. The van der Waals surface area contributed by atoms with Crippen LogP contribution in [0, 0.1) is 17.7 Å². The lowest BCUT2D eigenvalue weighted by Gasteiger charge is -2.35. The highest BCUT2D eigenvalue weighted by Crippen LogP contribution is 2.34. The van der Waals surface area contributed by atoms with Gasteiger partial charge in [-0.3, -0.25) is 0 Å². The molecular formula is C24H34FN. The fourth-order valence-corrected chi connectivity index (χ4v) is 3.07. The van der Waals surface area contributed by atoms with Crippen LogP contribution in [-0.2, 0) is 0 Å². The Morgan fingerprint density at radius 3 is 2.04 bits per heavy atom. The molecule has 0 bridgehead atoms. The van der Waals surface area contributed by atoms with Crippen LogP contribution in [0.2, 0.25) is 0 Å². The highest BCUT2D eigenvalue weighted by atomic mass is 19.1. The second-order valence-corrected chi connectivity index (χ2v) is 7.20. The first-order valence-corrected chi connectivity index (χ1v) is 9.52. The monoisotopic (exact) mass is 355 g/mol. The van der Waals surface area contributed by atoms with Crippen molar-refractivity contribution >= 4 is 5.69 Å². The van der Waals surface area contributed by atoms with Gasteiger partial charge in [-0.1, -0.05) is 52.5 Å². The van der Waals surface area contributed by atoms with Gasteiger partial charge in [0, 0.05) is 17.1 Å². The highest BCUT2D eigenvalue weighted by molar-refractivity contribution is 5.60. The van der Waals surface area contributed by atoms with E-state index in [0.29, 0.717) is 5.92 Å². The summed E-state index contributed by atoms with van der Waals surface area (Å²) in [4.78, 5) is 2.20. The summed E-state index contributed by atoms with van der Waals surface area (Å²) in [6.45, 7) is 21.3. The van der Waals surface area contributed by atoms with Crippen molar-refractivity contribution in [3.05, 3.63) is 77.9 Å². The minimum absolute atomic E-state index is 0.229. The van der Waals surface area contributed by atoms with Crippen molar-refractivity contribution < 1.29 is 4.39 Å². The first-order valence-electron chi connectivity index (χ1n) is 9.52. The summed E-state index contributed by atoms with van der Waals surface area (Å²) in [5.41, 5.74) is 5.47. The van der Waals surface area contributed by atoms with Crippen molar-refractivity contribution in [2.75, 3.05) is 4.90 Å².